The van der Waals surface area contributed by atoms with Gasteiger partial charge in [0.25, 0.3) is 0 Å². The van der Waals surface area contributed by atoms with Crippen LogP contribution in [0.5, 0.6) is 0 Å². The number of rotatable bonds is 2. The van der Waals surface area contributed by atoms with Crippen LogP contribution in [0, 0.1) is 5.92 Å². The Bertz CT molecular complexity index is 224. The van der Waals surface area contributed by atoms with Crippen LogP contribution in [-0.2, 0) is 0 Å². The van der Waals surface area contributed by atoms with Crippen LogP contribution in [0.1, 0.15) is 13.8 Å². The van der Waals surface area contributed by atoms with Gasteiger partial charge in [-0.3, -0.25) is 4.99 Å². The second-order valence-corrected chi connectivity index (χ2v) is 2.86. The summed E-state index contributed by atoms with van der Waals surface area (Å²) in [5.74, 6) is 0.523. The highest BCUT2D eigenvalue weighted by Crippen LogP contribution is 2.08. The minimum absolute atomic E-state index is 0.523. The predicted octanol–water partition coefficient (Wildman–Crippen LogP) is 3.04. The molecule has 0 aromatic heterocycles. The molecule has 1 rings (SSSR count). The lowest BCUT2D eigenvalue weighted by Crippen LogP contribution is -1.84. The van der Waals surface area contributed by atoms with Crippen molar-refractivity contribution in [2.45, 2.75) is 13.8 Å². The first kappa shape index (κ1) is 7.99. The van der Waals surface area contributed by atoms with Crippen molar-refractivity contribution in [3.05, 3.63) is 30.3 Å². The van der Waals surface area contributed by atoms with Gasteiger partial charge in [0.2, 0.25) is 0 Å². The fourth-order valence-corrected chi connectivity index (χ4v) is 0.749. The third kappa shape index (κ3) is 2.99. The normalized spacial score (nSPS) is 11.2. The average Bonchev–Trinajstić information content (AvgIpc) is 2.03. The summed E-state index contributed by atoms with van der Waals surface area (Å²) in [5, 5.41) is 0. The topological polar surface area (TPSA) is 12.4 Å². The van der Waals surface area contributed by atoms with Crippen molar-refractivity contribution >= 4 is 11.9 Å². The summed E-state index contributed by atoms with van der Waals surface area (Å²) in [5.41, 5.74) is 1.03. The molecule has 0 unspecified atom stereocenters. The molecule has 0 fully saturated rings. The van der Waals surface area contributed by atoms with E-state index in [-0.39, 0.29) is 0 Å². The number of para-hydroxylation sites is 1. The highest BCUT2D eigenvalue weighted by atomic mass is 14.7. The quantitative estimate of drug-likeness (QED) is 0.570. The van der Waals surface area contributed by atoms with Gasteiger partial charge in [0.15, 0.2) is 0 Å². The Morgan fingerprint density at radius 3 is 2.36 bits per heavy atom. The van der Waals surface area contributed by atoms with Crippen molar-refractivity contribution in [3.63, 3.8) is 0 Å². The maximum Gasteiger partial charge on any atom is 0.0625 e. The molecule has 0 atom stereocenters. The van der Waals surface area contributed by atoms with Crippen molar-refractivity contribution in [1.82, 2.24) is 0 Å². The summed E-state index contributed by atoms with van der Waals surface area (Å²) < 4.78 is 0. The van der Waals surface area contributed by atoms with E-state index in [9.17, 15) is 0 Å². The summed E-state index contributed by atoms with van der Waals surface area (Å²) in [7, 11) is 0. The van der Waals surface area contributed by atoms with Gasteiger partial charge in [0, 0.05) is 6.21 Å². The molecule has 11 heavy (non-hydrogen) atoms. The zero-order valence-corrected chi connectivity index (χ0v) is 6.99. The smallest absolute Gasteiger partial charge is 0.0625 e. The van der Waals surface area contributed by atoms with E-state index in [0.29, 0.717) is 5.92 Å². The number of benzene rings is 1. The lowest BCUT2D eigenvalue weighted by atomic mass is 10.2. The van der Waals surface area contributed by atoms with E-state index >= 15 is 0 Å². The Morgan fingerprint density at radius 1 is 1.18 bits per heavy atom. The monoisotopic (exact) mass is 147 g/mol. The molecule has 0 bridgehead atoms. The molecule has 0 aliphatic carbocycles. The Kier molecular flexibility index (Phi) is 2.84. The molecule has 0 N–H and O–H groups in total. The van der Waals surface area contributed by atoms with Crippen LogP contribution in [0.25, 0.3) is 0 Å². The third-order valence-corrected chi connectivity index (χ3v) is 1.28. The van der Waals surface area contributed by atoms with Crippen molar-refractivity contribution in [3.8, 4) is 0 Å². The second-order valence-electron chi connectivity index (χ2n) is 2.86. The van der Waals surface area contributed by atoms with Crippen molar-refractivity contribution in [1.29, 1.82) is 0 Å². The number of nitrogens with zero attached hydrogens (tertiary/aromatic N) is 1. The summed E-state index contributed by atoms with van der Waals surface area (Å²) >= 11 is 0. The van der Waals surface area contributed by atoms with Crippen LogP contribution in [0.2, 0.25) is 0 Å². The standard InChI is InChI=1S/C10H13N/c1-9(2)8-11-10-6-4-3-5-7-10/h3-9H,1-2H3/b11-8-. The molecule has 0 heterocycles. The number of hydrogen-bond donors (Lipinski definition) is 0. The molecule has 58 valence electrons. The molecule has 0 radical (unpaired) electrons. The van der Waals surface area contributed by atoms with Crippen LogP contribution in [0.15, 0.2) is 35.3 Å². The second kappa shape index (κ2) is 3.91. The van der Waals surface area contributed by atoms with Crippen molar-refractivity contribution in [2.24, 2.45) is 10.9 Å². The first-order chi connectivity index (χ1) is 5.29. The maximum atomic E-state index is 4.28. The van der Waals surface area contributed by atoms with Gasteiger partial charge >= 0.3 is 0 Å². The molecule has 0 amide bonds. The summed E-state index contributed by atoms with van der Waals surface area (Å²) in [4.78, 5) is 4.28. The van der Waals surface area contributed by atoms with E-state index in [0.717, 1.165) is 5.69 Å². The molecular formula is C10H13N. The summed E-state index contributed by atoms with van der Waals surface area (Å²) in [6.07, 6.45) is 1.95. The Hall–Kier alpha value is -1.11. The zero-order chi connectivity index (χ0) is 8.10. The molecule has 0 aliphatic heterocycles. The van der Waals surface area contributed by atoms with Crippen LogP contribution < -0.4 is 0 Å². The molecule has 0 saturated carbocycles. The van der Waals surface area contributed by atoms with Crippen LogP contribution in [0.4, 0.5) is 5.69 Å². The molecule has 0 saturated heterocycles. The van der Waals surface area contributed by atoms with E-state index in [1.807, 2.05) is 36.5 Å². The van der Waals surface area contributed by atoms with Gasteiger partial charge in [-0.25, -0.2) is 0 Å². The number of aliphatic imine (C=N–C) groups is 1. The summed E-state index contributed by atoms with van der Waals surface area (Å²) in [6.45, 7) is 4.24. The van der Waals surface area contributed by atoms with E-state index in [2.05, 4.69) is 18.8 Å². The van der Waals surface area contributed by atoms with Gasteiger partial charge in [-0.1, -0.05) is 32.0 Å². The Labute approximate surface area is 67.8 Å². The first-order valence-electron chi connectivity index (χ1n) is 3.88. The van der Waals surface area contributed by atoms with Gasteiger partial charge in [-0.2, -0.15) is 0 Å². The van der Waals surface area contributed by atoms with Crippen LogP contribution in [-0.4, -0.2) is 6.21 Å². The zero-order valence-electron chi connectivity index (χ0n) is 6.99. The first-order valence-corrected chi connectivity index (χ1v) is 3.88. The Balaban J connectivity index is 2.65. The van der Waals surface area contributed by atoms with Gasteiger partial charge in [0.05, 0.1) is 5.69 Å². The fourth-order valence-electron chi connectivity index (χ4n) is 0.749. The van der Waals surface area contributed by atoms with E-state index in [1.54, 1.807) is 0 Å². The lowest BCUT2D eigenvalue weighted by Gasteiger charge is -1.93. The average molecular weight is 147 g/mol. The molecule has 1 aromatic carbocycles. The molecule has 1 aromatic rings. The number of hydrogen-bond acceptors (Lipinski definition) is 1. The maximum absolute atomic E-state index is 4.28. The van der Waals surface area contributed by atoms with Gasteiger partial charge < -0.3 is 0 Å². The van der Waals surface area contributed by atoms with Gasteiger partial charge in [-0.15, -0.1) is 0 Å². The van der Waals surface area contributed by atoms with Crippen molar-refractivity contribution in [2.75, 3.05) is 0 Å². The molecule has 1 heteroatoms. The predicted molar refractivity (Wildman–Crippen MR) is 49.4 cm³/mol. The van der Waals surface area contributed by atoms with E-state index < -0.39 is 0 Å². The highest BCUT2D eigenvalue weighted by Gasteiger charge is 1.85. The van der Waals surface area contributed by atoms with E-state index in [4.69, 9.17) is 0 Å². The lowest BCUT2D eigenvalue weighted by molar-refractivity contribution is 0.907. The van der Waals surface area contributed by atoms with Crippen molar-refractivity contribution < 1.29 is 0 Å². The molecule has 0 aliphatic rings. The molecule has 0 spiro atoms. The third-order valence-electron chi connectivity index (χ3n) is 1.28. The highest BCUT2D eigenvalue weighted by molar-refractivity contribution is 5.64. The van der Waals surface area contributed by atoms with Gasteiger partial charge in [-0.05, 0) is 18.1 Å². The van der Waals surface area contributed by atoms with Crippen LogP contribution >= 0.6 is 0 Å². The summed E-state index contributed by atoms with van der Waals surface area (Å²) in [6, 6.07) is 9.98. The fraction of sp³-hybridized carbons (Fsp3) is 0.300. The minimum Gasteiger partial charge on any atom is -0.261 e. The molecular weight excluding hydrogens is 134 g/mol. The van der Waals surface area contributed by atoms with E-state index in [1.165, 1.54) is 0 Å². The minimum atomic E-state index is 0.523. The Morgan fingerprint density at radius 2 is 1.82 bits per heavy atom. The largest absolute Gasteiger partial charge is 0.261 e. The SMILES string of the molecule is CC(C)/C=N\c1ccccc1. The van der Waals surface area contributed by atoms with Crippen LogP contribution in [0.3, 0.4) is 0 Å². The van der Waals surface area contributed by atoms with Gasteiger partial charge in [0.1, 0.15) is 0 Å². The molecule has 1 nitrogen and oxygen atoms in total.